The second-order valence-electron chi connectivity index (χ2n) is 11.5. The molecule has 4 heterocycles. The molecule has 0 aromatic carbocycles. The van der Waals surface area contributed by atoms with E-state index in [0.29, 0.717) is 18.0 Å². The summed E-state index contributed by atoms with van der Waals surface area (Å²) in [4.78, 5) is 12.5. The Morgan fingerprint density at radius 3 is 2.54 bits per heavy atom. The molecule has 0 spiro atoms. The number of hydrogen-bond acceptors (Lipinski definition) is 6. The van der Waals surface area contributed by atoms with Crippen LogP contribution < -0.4 is 10.6 Å². The maximum atomic E-state index is 10.1. The molecule has 35 heavy (non-hydrogen) atoms. The Hall–Kier alpha value is -1.70. The molecule has 5 rings (SSSR count). The summed E-state index contributed by atoms with van der Waals surface area (Å²) >= 11 is 0. The fourth-order valence-electron chi connectivity index (χ4n) is 6.64. The van der Waals surface area contributed by atoms with Crippen molar-refractivity contribution >= 4 is 17.0 Å². The standard InChI is InChI=1S/C28H46N6O/c1-3-4-20(2)31-28-30-17-25-26(19-34(27(25)32-28)23-5-7-24(35)8-6-23)22-11-15-33(16-12-22)18-21-9-13-29-14-10-21/h17,19-24,29,35H,3-16,18H2,1-2H3,(H,30,31,32). The van der Waals surface area contributed by atoms with Crippen LogP contribution in [-0.4, -0.2) is 69.4 Å². The van der Waals surface area contributed by atoms with Crippen molar-refractivity contribution in [1.29, 1.82) is 0 Å². The summed E-state index contributed by atoms with van der Waals surface area (Å²) in [6.45, 7) is 10.5. The van der Waals surface area contributed by atoms with Crippen molar-refractivity contribution in [3.63, 3.8) is 0 Å². The van der Waals surface area contributed by atoms with E-state index in [1.165, 1.54) is 69.4 Å². The van der Waals surface area contributed by atoms with Gasteiger partial charge in [-0.05, 0) is 108 Å². The molecular formula is C28H46N6O. The first-order valence-electron chi connectivity index (χ1n) is 14.4. The number of aliphatic hydroxyl groups is 1. The molecule has 2 aromatic heterocycles. The van der Waals surface area contributed by atoms with Crippen LogP contribution in [0.1, 0.15) is 95.6 Å². The van der Waals surface area contributed by atoms with Crippen molar-refractivity contribution in [2.75, 3.05) is 38.0 Å². The van der Waals surface area contributed by atoms with Gasteiger partial charge < -0.3 is 25.2 Å². The molecule has 7 nitrogen and oxygen atoms in total. The van der Waals surface area contributed by atoms with Crippen LogP contribution in [0.4, 0.5) is 5.95 Å². The van der Waals surface area contributed by atoms with E-state index < -0.39 is 0 Å². The Labute approximate surface area is 211 Å². The van der Waals surface area contributed by atoms with Crippen LogP contribution in [0.5, 0.6) is 0 Å². The molecule has 2 aromatic rings. The van der Waals surface area contributed by atoms with E-state index in [4.69, 9.17) is 9.97 Å². The van der Waals surface area contributed by atoms with Gasteiger partial charge in [-0.3, -0.25) is 0 Å². The first-order chi connectivity index (χ1) is 17.1. The summed E-state index contributed by atoms with van der Waals surface area (Å²) in [6, 6.07) is 0.792. The van der Waals surface area contributed by atoms with E-state index in [1.807, 2.05) is 0 Å². The summed E-state index contributed by atoms with van der Waals surface area (Å²) in [5.41, 5.74) is 2.53. The number of piperidine rings is 2. The van der Waals surface area contributed by atoms with Crippen LogP contribution in [0.2, 0.25) is 0 Å². The SMILES string of the molecule is CCCC(C)Nc1ncc2c(C3CCN(CC4CCNCC4)CC3)cn(C3CCC(O)CC3)c2n1. The predicted octanol–water partition coefficient (Wildman–Crippen LogP) is 4.69. The van der Waals surface area contributed by atoms with Gasteiger partial charge in [0.15, 0.2) is 0 Å². The molecule has 0 bridgehead atoms. The molecule has 1 saturated carbocycles. The fraction of sp³-hybridized carbons (Fsp3) is 0.786. The van der Waals surface area contributed by atoms with Gasteiger partial charge in [0, 0.05) is 36.4 Å². The summed E-state index contributed by atoms with van der Waals surface area (Å²) in [5.74, 6) is 2.20. The molecular weight excluding hydrogens is 436 g/mol. The van der Waals surface area contributed by atoms with Crippen LogP contribution in [0.3, 0.4) is 0 Å². The number of aromatic nitrogens is 3. The average Bonchev–Trinajstić information content (AvgIpc) is 3.24. The van der Waals surface area contributed by atoms with Gasteiger partial charge in [0.2, 0.25) is 5.95 Å². The molecule has 1 aliphatic carbocycles. The van der Waals surface area contributed by atoms with Crippen molar-refractivity contribution in [3.05, 3.63) is 18.0 Å². The van der Waals surface area contributed by atoms with Crippen LogP contribution in [0.25, 0.3) is 11.0 Å². The monoisotopic (exact) mass is 482 g/mol. The molecule has 0 amide bonds. The first kappa shape index (κ1) is 25.0. The quantitative estimate of drug-likeness (QED) is 0.507. The van der Waals surface area contributed by atoms with E-state index in [0.717, 1.165) is 56.0 Å². The van der Waals surface area contributed by atoms with Crippen molar-refractivity contribution < 1.29 is 5.11 Å². The third-order valence-corrected chi connectivity index (χ3v) is 8.76. The Morgan fingerprint density at radius 1 is 1.09 bits per heavy atom. The first-order valence-corrected chi connectivity index (χ1v) is 14.4. The molecule has 1 atom stereocenters. The summed E-state index contributed by atoms with van der Waals surface area (Å²) < 4.78 is 2.44. The molecule has 3 fully saturated rings. The molecule has 3 N–H and O–H groups in total. The molecule has 2 saturated heterocycles. The summed E-state index contributed by atoms with van der Waals surface area (Å²) in [5, 5.41) is 18.3. The molecule has 2 aliphatic heterocycles. The number of hydrogen-bond donors (Lipinski definition) is 3. The van der Waals surface area contributed by atoms with Crippen LogP contribution in [0, 0.1) is 5.92 Å². The lowest BCUT2D eigenvalue weighted by atomic mass is 9.88. The van der Waals surface area contributed by atoms with Crippen LogP contribution >= 0.6 is 0 Å². The topological polar surface area (TPSA) is 78.2 Å². The van der Waals surface area contributed by atoms with Crippen molar-refractivity contribution in [1.82, 2.24) is 24.8 Å². The largest absolute Gasteiger partial charge is 0.393 e. The number of anilines is 1. The molecule has 0 radical (unpaired) electrons. The van der Waals surface area contributed by atoms with Gasteiger partial charge >= 0.3 is 0 Å². The lowest BCUT2D eigenvalue weighted by Gasteiger charge is -2.35. The Kier molecular flexibility index (Phi) is 8.25. The molecule has 1 unspecified atom stereocenters. The lowest BCUT2D eigenvalue weighted by molar-refractivity contribution is 0.111. The number of likely N-dealkylation sites (tertiary alicyclic amines) is 1. The predicted molar refractivity (Wildman–Crippen MR) is 143 cm³/mol. The maximum Gasteiger partial charge on any atom is 0.224 e. The van der Waals surface area contributed by atoms with Crippen molar-refractivity contribution in [3.8, 4) is 0 Å². The highest BCUT2D eigenvalue weighted by Crippen LogP contribution is 2.38. The van der Waals surface area contributed by atoms with Gasteiger partial charge in [-0.25, -0.2) is 4.98 Å². The summed E-state index contributed by atoms with van der Waals surface area (Å²) in [6.07, 6.45) is 15.5. The van der Waals surface area contributed by atoms with E-state index in [1.54, 1.807) is 0 Å². The maximum absolute atomic E-state index is 10.1. The zero-order valence-corrected chi connectivity index (χ0v) is 21.9. The lowest BCUT2D eigenvalue weighted by Crippen LogP contribution is -2.39. The minimum Gasteiger partial charge on any atom is -0.393 e. The number of rotatable bonds is 8. The highest BCUT2D eigenvalue weighted by atomic mass is 16.3. The van der Waals surface area contributed by atoms with E-state index in [9.17, 15) is 5.11 Å². The number of nitrogens with one attached hydrogen (secondary N) is 2. The number of nitrogens with zero attached hydrogens (tertiary/aromatic N) is 4. The minimum atomic E-state index is -0.140. The Morgan fingerprint density at radius 2 is 1.83 bits per heavy atom. The number of aliphatic hydroxyl groups excluding tert-OH is 1. The van der Waals surface area contributed by atoms with E-state index >= 15 is 0 Å². The normalized spacial score (nSPS) is 26.3. The van der Waals surface area contributed by atoms with E-state index in [-0.39, 0.29) is 6.10 Å². The zero-order valence-electron chi connectivity index (χ0n) is 21.9. The van der Waals surface area contributed by atoms with Crippen molar-refractivity contribution in [2.45, 2.75) is 102 Å². The van der Waals surface area contributed by atoms with Gasteiger partial charge in [0.05, 0.1) is 6.10 Å². The van der Waals surface area contributed by atoms with Crippen molar-refractivity contribution in [2.24, 2.45) is 5.92 Å². The van der Waals surface area contributed by atoms with Crippen LogP contribution in [-0.2, 0) is 0 Å². The summed E-state index contributed by atoms with van der Waals surface area (Å²) in [7, 11) is 0. The van der Waals surface area contributed by atoms with Gasteiger partial charge in [0.1, 0.15) is 5.65 Å². The molecule has 194 valence electrons. The van der Waals surface area contributed by atoms with Gasteiger partial charge in [-0.2, -0.15) is 4.98 Å². The second-order valence-corrected chi connectivity index (χ2v) is 11.5. The third-order valence-electron chi connectivity index (χ3n) is 8.76. The highest BCUT2D eigenvalue weighted by Gasteiger charge is 2.29. The average molecular weight is 483 g/mol. The Balaban J connectivity index is 1.34. The molecule has 3 aliphatic rings. The zero-order chi connectivity index (χ0) is 24.2. The van der Waals surface area contributed by atoms with Gasteiger partial charge in [0.25, 0.3) is 0 Å². The fourth-order valence-corrected chi connectivity index (χ4v) is 6.64. The van der Waals surface area contributed by atoms with Gasteiger partial charge in [-0.15, -0.1) is 0 Å². The highest BCUT2D eigenvalue weighted by molar-refractivity contribution is 5.81. The second kappa shape index (κ2) is 11.6. The number of fused-ring (bicyclic) bond motifs is 1. The molecule has 7 heteroatoms. The smallest absolute Gasteiger partial charge is 0.224 e. The van der Waals surface area contributed by atoms with E-state index in [2.05, 4.69) is 46.3 Å². The van der Waals surface area contributed by atoms with Crippen LogP contribution in [0.15, 0.2) is 12.4 Å². The van der Waals surface area contributed by atoms with Gasteiger partial charge in [-0.1, -0.05) is 13.3 Å². The Bertz CT molecular complexity index is 938. The minimum absolute atomic E-state index is 0.140. The third kappa shape index (κ3) is 6.00.